The maximum absolute atomic E-state index is 12.6. The predicted molar refractivity (Wildman–Crippen MR) is 47.7 cm³/mol. The molecule has 0 saturated heterocycles. The molecule has 0 saturated carbocycles. The van der Waals surface area contributed by atoms with Gasteiger partial charge in [-0.1, -0.05) is 19.2 Å². The van der Waals surface area contributed by atoms with Gasteiger partial charge in [-0.15, -0.1) is 0 Å². The number of halogens is 6. The van der Waals surface area contributed by atoms with E-state index in [0.29, 0.717) is 3.96 Å². The summed E-state index contributed by atoms with van der Waals surface area (Å²) in [5.41, 5.74) is 0. The molecule has 0 bridgehead atoms. The van der Waals surface area contributed by atoms with Crippen LogP contribution in [0, 0.1) is 0 Å². The molecule has 0 amide bonds. The van der Waals surface area contributed by atoms with Crippen molar-refractivity contribution in [2.24, 2.45) is 4.52 Å². The fraction of sp³-hybridized carbons (Fsp3) is 0. The van der Waals surface area contributed by atoms with Gasteiger partial charge in [-0.05, 0) is 23.6 Å². The van der Waals surface area contributed by atoms with Crippen molar-refractivity contribution < 1.29 is 12.6 Å². The van der Waals surface area contributed by atoms with Crippen molar-refractivity contribution in [2.75, 3.05) is 0 Å². The molecule has 2 atom stereocenters. The highest BCUT2D eigenvalue weighted by molar-refractivity contribution is 7.94. The van der Waals surface area contributed by atoms with Gasteiger partial charge >= 0.3 is 16.4 Å². The summed E-state index contributed by atoms with van der Waals surface area (Å²) in [5, 5.41) is 0. The van der Waals surface area contributed by atoms with E-state index in [2.05, 4.69) is 4.52 Å². The van der Waals surface area contributed by atoms with Crippen LogP contribution in [0.15, 0.2) is 4.52 Å². The van der Waals surface area contributed by atoms with Crippen LogP contribution in [0.25, 0.3) is 0 Å². The topological polar surface area (TPSA) is 18.8 Å². The first-order valence-electron chi connectivity index (χ1n) is 2.21. The highest BCUT2D eigenvalue weighted by Gasteiger charge is 2.46. The van der Waals surface area contributed by atoms with E-state index in [1.807, 2.05) is 0 Å². The maximum atomic E-state index is 12.6. The summed E-state index contributed by atoms with van der Waals surface area (Å²) >= 11 is 15.6. The number of hydrogen-bond acceptors (Lipinski definition) is 3. The quantitative estimate of drug-likeness (QED) is 0.437. The van der Waals surface area contributed by atoms with Gasteiger partial charge in [0.1, 0.15) is 0 Å². The monoisotopic (exact) mass is 297 g/mol. The van der Waals surface area contributed by atoms with Crippen LogP contribution in [0.4, 0.5) is 12.6 Å². The zero-order valence-electron chi connectivity index (χ0n) is 4.95. The van der Waals surface area contributed by atoms with E-state index in [1.165, 1.54) is 0 Å². The highest BCUT2D eigenvalue weighted by atomic mass is 35.7. The normalized spacial score (nSPS) is 37.8. The Kier molecular flexibility index (Phi) is 3.95. The van der Waals surface area contributed by atoms with E-state index in [9.17, 15) is 12.6 Å². The SMILES string of the molecule is FP1N=P(F)(F)N(Cl)P(Cl)N1Cl. The van der Waals surface area contributed by atoms with Gasteiger partial charge in [0.2, 0.25) is 0 Å². The van der Waals surface area contributed by atoms with E-state index in [4.69, 9.17) is 34.8 Å². The number of hydrogen-bond donors (Lipinski definition) is 0. The third-order valence-electron chi connectivity index (χ3n) is 0.789. The molecule has 0 aromatic heterocycles. The first-order valence-corrected chi connectivity index (χ1v) is 7.66. The van der Waals surface area contributed by atoms with Gasteiger partial charge in [-0.2, -0.15) is 17.1 Å². The van der Waals surface area contributed by atoms with Crippen LogP contribution in [0.2, 0.25) is 0 Å². The van der Waals surface area contributed by atoms with Gasteiger partial charge in [0.15, 0.2) is 7.58 Å². The highest BCUT2D eigenvalue weighted by Crippen LogP contribution is 2.82. The Hall–Kier alpha value is 1.67. The molecular weight excluding hydrogens is 298 g/mol. The molecule has 0 spiro atoms. The maximum Gasteiger partial charge on any atom is 0.393 e. The van der Waals surface area contributed by atoms with Crippen LogP contribution in [0.3, 0.4) is 0 Å². The zero-order valence-corrected chi connectivity index (χ0v) is 9.90. The molecule has 1 aliphatic heterocycles. The lowest BCUT2D eigenvalue weighted by atomic mass is 13.8. The smallest absolute Gasteiger partial charge is 0.179 e. The van der Waals surface area contributed by atoms with E-state index >= 15 is 0 Å². The summed E-state index contributed by atoms with van der Waals surface area (Å²) in [6.07, 6.45) is 0. The lowest BCUT2D eigenvalue weighted by Gasteiger charge is -2.30. The van der Waals surface area contributed by atoms with Crippen LogP contribution in [0.1, 0.15) is 0 Å². The lowest BCUT2D eigenvalue weighted by Crippen LogP contribution is -2.06. The van der Waals surface area contributed by atoms with Gasteiger partial charge in [0.05, 0.1) is 0 Å². The van der Waals surface area contributed by atoms with Crippen LogP contribution in [-0.4, -0.2) is 7.92 Å². The van der Waals surface area contributed by atoms with Crippen molar-refractivity contribution in [2.45, 2.75) is 0 Å². The third-order valence-corrected chi connectivity index (χ3v) is 9.34. The summed E-state index contributed by atoms with van der Waals surface area (Å²) in [7, 11) is -10.1. The fourth-order valence-corrected chi connectivity index (χ4v) is 6.81. The number of nitrogens with zero attached hydrogens (tertiary/aromatic N) is 3. The van der Waals surface area contributed by atoms with E-state index in [1.54, 1.807) is 0 Å². The Labute approximate surface area is 83.9 Å². The summed E-state index contributed by atoms with van der Waals surface area (Å²) in [6, 6.07) is 0. The fourth-order valence-electron chi connectivity index (χ4n) is 0.365. The molecule has 72 valence electrons. The Morgan fingerprint density at radius 2 is 1.83 bits per heavy atom. The average Bonchev–Trinajstić information content (AvgIpc) is 1.97. The van der Waals surface area contributed by atoms with Crippen LogP contribution in [-0.2, 0) is 0 Å². The minimum atomic E-state index is -4.93. The summed E-state index contributed by atoms with van der Waals surface area (Å²) in [4.78, 5) is 0. The van der Waals surface area contributed by atoms with Crippen molar-refractivity contribution in [3.63, 3.8) is 0 Å². The zero-order chi connectivity index (χ0) is 9.52. The van der Waals surface area contributed by atoms with Gasteiger partial charge < -0.3 is 0 Å². The molecule has 12 heteroatoms. The first kappa shape index (κ1) is 11.7. The van der Waals surface area contributed by atoms with E-state index in [-0.39, 0.29) is 3.96 Å². The van der Waals surface area contributed by atoms with Gasteiger partial charge in [-0.25, -0.2) is 0 Å². The molecule has 0 radical (unpaired) electrons. The Morgan fingerprint density at radius 3 is 2.33 bits per heavy atom. The molecule has 2 unspecified atom stereocenters. The Morgan fingerprint density at radius 1 is 1.33 bits per heavy atom. The molecular formula is Cl3F3N3P3. The molecule has 0 aromatic rings. The minimum Gasteiger partial charge on any atom is -0.179 e. The molecule has 0 N–H and O–H groups in total. The largest absolute Gasteiger partial charge is 0.393 e. The second-order valence-corrected chi connectivity index (χ2v) is 8.85. The summed E-state index contributed by atoms with van der Waals surface area (Å²) < 4.78 is 40.8. The van der Waals surface area contributed by atoms with Gasteiger partial charge in [0.25, 0.3) is 0 Å². The lowest BCUT2D eigenvalue weighted by molar-refractivity contribution is 0.666. The minimum absolute atomic E-state index is 0.00923. The third kappa shape index (κ3) is 2.18. The molecule has 1 rings (SSSR count). The van der Waals surface area contributed by atoms with Gasteiger partial charge in [-0.3, -0.25) is 0 Å². The van der Waals surface area contributed by atoms with E-state index < -0.39 is 23.9 Å². The van der Waals surface area contributed by atoms with Crippen LogP contribution in [0.5, 0.6) is 0 Å². The van der Waals surface area contributed by atoms with Crippen molar-refractivity contribution in [3.05, 3.63) is 0 Å². The van der Waals surface area contributed by atoms with Crippen LogP contribution < -0.4 is 0 Å². The second kappa shape index (κ2) is 4.04. The molecule has 1 heterocycles. The number of rotatable bonds is 0. The Balaban J connectivity index is 3.01. The standard InChI is InChI=1S/Cl3F3N3P3/c1-8-10(3)9(2)12(5,6)7-11(8)4. The second-order valence-electron chi connectivity index (χ2n) is 1.51. The molecule has 0 aromatic carbocycles. The predicted octanol–water partition coefficient (Wildman–Crippen LogP) is 5.46. The molecule has 0 fully saturated rings. The molecule has 0 aliphatic carbocycles. The van der Waals surface area contributed by atoms with Crippen molar-refractivity contribution >= 4 is 58.7 Å². The molecule has 12 heavy (non-hydrogen) atoms. The Bertz CT molecular complexity index is 230. The summed E-state index contributed by atoms with van der Waals surface area (Å²) in [6.45, 7) is 0. The first-order chi connectivity index (χ1) is 5.36. The average molecular weight is 298 g/mol. The molecule has 1 aliphatic rings. The van der Waals surface area contributed by atoms with E-state index in [0.717, 1.165) is 0 Å². The van der Waals surface area contributed by atoms with Gasteiger partial charge in [0, 0.05) is 0 Å². The van der Waals surface area contributed by atoms with Crippen LogP contribution >= 0.6 is 58.7 Å². The molecule has 3 nitrogen and oxygen atoms in total. The summed E-state index contributed by atoms with van der Waals surface area (Å²) in [5.74, 6) is 0. The van der Waals surface area contributed by atoms with Crippen molar-refractivity contribution in [1.82, 2.24) is 7.92 Å². The van der Waals surface area contributed by atoms with Crippen molar-refractivity contribution in [1.29, 1.82) is 0 Å². The van der Waals surface area contributed by atoms with Crippen molar-refractivity contribution in [3.8, 4) is 0 Å².